The van der Waals surface area contributed by atoms with Gasteiger partial charge in [-0.25, -0.2) is 4.39 Å². The molecule has 1 aliphatic rings. The fourth-order valence-corrected chi connectivity index (χ4v) is 1.66. The van der Waals surface area contributed by atoms with Gasteiger partial charge in [0.25, 0.3) is 0 Å². The van der Waals surface area contributed by atoms with Crippen LogP contribution in [0.5, 0.6) is 5.75 Å². The molecule has 0 saturated heterocycles. The second kappa shape index (κ2) is 3.46. The van der Waals surface area contributed by atoms with Crippen LogP contribution in [0.4, 0.5) is 10.1 Å². The summed E-state index contributed by atoms with van der Waals surface area (Å²) in [6.07, 6.45) is 0. The number of rotatable bonds is 1. The first-order chi connectivity index (χ1) is 6.74. The number of nitrogens with zero attached hydrogens (tertiary/aromatic N) is 1. The number of likely N-dealkylation sites (N-methyl/N-ethyl adjacent to an activating group) is 1. The Morgan fingerprint density at radius 3 is 3.14 bits per heavy atom. The van der Waals surface area contributed by atoms with Crippen molar-refractivity contribution in [2.45, 2.75) is 6.04 Å². The predicted octanol–water partition coefficient (Wildman–Crippen LogP) is 0.982. The lowest BCUT2D eigenvalue weighted by molar-refractivity contribution is 0.266. The summed E-state index contributed by atoms with van der Waals surface area (Å²) in [7, 11) is 1.84. The van der Waals surface area contributed by atoms with E-state index in [1.807, 2.05) is 11.9 Å². The van der Waals surface area contributed by atoms with Crippen LogP contribution in [-0.4, -0.2) is 26.2 Å². The van der Waals surface area contributed by atoms with Gasteiger partial charge in [-0.2, -0.15) is 0 Å². The second-order valence-corrected chi connectivity index (χ2v) is 3.40. The number of nitrogens with two attached hydrogens (primary N) is 1. The van der Waals surface area contributed by atoms with Gasteiger partial charge in [-0.05, 0) is 12.1 Å². The molecule has 14 heavy (non-hydrogen) atoms. The fourth-order valence-electron chi connectivity index (χ4n) is 1.66. The largest absolute Gasteiger partial charge is 0.489 e. The highest BCUT2D eigenvalue weighted by Gasteiger charge is 2.25. The van der Waals surface area contributed by atoms with Crippen LogP contribution in [0.2, 0.25) is 0 Å². The average molecular weight is 196 g/mol. The van der Waals surface area contributed by atoms with E-state index in [4.69, 9.17) is 10.5 Å². The van der Waals surface area contributed by atoms with Gasteiger partial charge in [0.05, 0.1) is 6.04 Å². The van der Waals surface area contributed by atoms with Crippen molar-refractivity contribution in [3.63, 3.8) is 0 Å². The zero-order chi connectivity index (χ0) is 10.1. The third-order valence-corrected chi connectivity index (χ3v) is 2.55. The minimum Gasteiger partial charge on any atom is -0.489 e. The van der Waals surface area contributed by atoms with Crippen molar-refractivity contribution in [2.24, 2.45) is 5.73 Å². The SMILES string of the molecule is CN1c2c(F)cccc2OCC1CN. The molecule has 2 N–H and O–H groups in total. The van der Waals surface area contributed by atoms with Gasteiger partial charge >= 0.3 is 0 Å². The highest BCUT2D eigenvalue weighted by molar-refractivity contribution is 5.61. The molecule has 2 rings (SSSR count). The molecule has 3 nitrogen and oxygen atoms in total. The summed E-state index contributed by atoms with van der Waals surface area (Å²) < 4.78 is 18.9. The highest BCUT2D eigenvalue weighted by Crippen LogP contribution is 2.34. The van der Waals surface area contributed by atoms with Crippen molar-refractivity contribution in [1.29, 1.82) is 0 Å². The van der Waals surface area contributed by atoms with Crippen LogP contribution in [0.1, 0.15) is 0 Å². The van der Waals surface area contributed by atoms with Crippen molar-refractivity contribution in [1.82, 2.24) is 0 Å². The van der Waals surface area contributed by atoms with E-state index in [0.29, 0.717) is 24.6 Å². The molecule has 0 amide bonds. The van der Waals surface area contributed by atoms with Crippen molar-refractivity contribution in [3.05, 3.63) is 24.0 Å². The number of fused-ring (bicyclic) bond motifs is 1. The Morgan fingerprint density at radius 2 is 2.43 bits per heavy atom. The number of benzene rings is 1. The van der Waals surface area contributed by atoms with Crippen molar-refractivity contribution in [2.75, 3.05) is 25.1 Å². The molecule has 76 valence electrons. The Balaban J connectivity index is 2.43. The van der Waals surface area contributed by atoms with E-state index in [1.165, 1.54) is 6.07 Å². The molecule has 0 aromatic heterocycles. The molecule has 0 saturated carbocycles. The average Bonchev–Trinajstić information content (AvgIpc) is 2.18. The molecule has 4 heteroatoms. The van der Waals surface area contributed by atoms with Crippen LogP contribution in [0.15, 0.2) is 18.2 Å². The summed E-state index contributed by atoms with van der Waals surface area (Å²) in [6.45, 7) is 0.980. The van der Waals surface area contributed by atoms with Gasteiger partial charge in [0.15, 0.2) is 0 Å². The summed E-state index contributed by atoms with van der Waals surface area (Å²) in [6, 6.07) is 4.89. The van der Waals surface area contributed by atoms with E-state index in [0.717, 1.165) is 0 Å². The summed E-state index contributed by atoms with van der Waals surface area (Å²) in [5.41, 5.74) is 6.07. The molecule has 0 fully saturated rings. The van der Waals surface area contributed by atoms with Crippen LogP contribution in [0.25, 0.3) is 0 Å². The standard InChI is InChI=1S/C10H13FN2O/c1-13-7(5-12)6-14-9-4-2-3-8(11)10(9)13/h2-4,7H,5-6,12H2,1H3. The Morgan fingerprint density at radius 1 is 1.64 bits per heavy atom. The van der Waals surface area contributed by atoms with Gasteiger partial charge in [-0.1, -0.05) is 6.07 Å². The monoisotopic (exact) mass is 196 g/mol. The third-order valence-electron chi connectivity index (χ3n) is 2.55. The van der Waals surface area contributed by atoms with Crippen molar-refractivity contribution < 1.29 is 9.13 Å². The molecular weight excluding hydrogens is 183 g/mol. The Labute approximate surface area is 82.3 Å². The maximum Gasteiger partial charge on any atom is 0.150 e. The Bertz CT molecular complexity index is 343. The minimum atomic E-state index is -0.261. The van der Waals surface area contributed by atoms with E-state index in [2.05, 4.69) is 0 Å². The first-order valence-corrected chi connectivity index (χ1v) is 4.58. The zero-order valence-electron chi connectivity index (χ0n) is 8.03. The third kappa shape index (κ3) is 1.32. The van der Waals surface area contributed by atoms with Crippen molar-refractivity contribution >= 4 is 5.69 Å². The number of para-hydroxylation sites is 1. The number of ether oxygens (including phenoxy) is 1. The lowest BCUT2D eigenvalue weighted by Crippen LogP contribution is -2.45. The summed E-state index contributed by atoms with van der Waals surface area (Å²) in [5.74, 6) is 0.334. The molecule has 1 aliphatic heterocycles. The number of hydrogen-bond acceptors (Lipinski definition) is 3. The fraction of sp³-hybridized carbons (Fsp3) is 0.400. The molecule has 0 radical (unpaired) electrons. The topological polar surface area (TPSA) is 38.5 Å². The van der Waals surface area contributed by atoms with Crippen LogP contribution >= 0.6 is 0 Å². The molecule has 1 atom stereocenters. The molecule has 0 bridgehead atoms. The van der Waals surface area contributed by atoms with Crippen LogP contribution < -0.4 is 15.4 Å². The molecule has 1 heterocycles. The molecule has 1 unspecified atom stereocenters. The first-order valence-electron chi connectivity index (χ1n) is 4.58. The minimum absolute atomic E-state index is 0.0550. The molecule has 0 aliphatic carbocycles. The van der Waals surface area contributed by atoms with Gasteiger partial charge in [-0.3, -0.25) is 0 Å². The van der Waals surface area contributed by atoms with E-state index < -0.39 is 0 Å². The maximum atomic E-state index is 13.5. The van der Waals surface area contributed by atoms with Gasteiger partial charge < -0.3 is 15.4 Å². The van der Waals surface area contributed by atoms with Gasteiger partial charge in [0.2, 0.25) is 0 Å². The number of anilines is 1. The summed E-state index contributed by atoms with van der Waals surface area (Å²) in [4.78, 5) is 1.84. The highest BCUT2D eigenvalue weighted by atomic mass is 19.1. The van der Waals surface area contributed by atoms with E-state index >= 15 is 0 Å². The van der Waals surface area contributed by atoms with E-state index in [1.54, 1.807) is 12.1 Å². The van der Waals surface area contributed by atoms with Gasteiger partial charge in [0.1, 0.15) is 23.9 Å². The lowest BCUT2D eigenvalue weighted by Gasteiger charge is -2.35. The molecular formula is C10H13FN2O. The van der Waals surface area contributed by atoms with Gasteiger partial charge in [0, 0.05) is 13.6 Å². The first kappa shape index (κ1) is 9.27. The maximum absolute atomic E-state index is 13.5. The van der Waals surface area contributed by atoms with Crippen LogP contribution in [0, 0.1) is 5.82 Å². The molecule has 1 aromatic rings. The number of halogens is 1. The number of hydrogen-bond donors (Lipinski definition) is 1. The zero-order valence-corrected chi connectivity index (χ0v) is 8.03. The molecule has 1 aromatic carbocycles. The summed E-state index contributed by atoms with van der Waals surface area (Å²) in [5, 5.41) is 0. The molecule has 0 spiro atoms. The lowest BCUT2D eigenvalue weighted by atomic mass is 10.1. The predicted molar refractivity (Wildman–Crippen MR) is 53.1 cm³/mol. The van der Waals surface area contributed by atoms with E-state index in [-0.39, 0.29) is 11.9 Å². The summed E-state index contributed by atoms with van der Waals surface area (Å²) >= 11 is 0. The van der Waals surface area contributed by atoms with E-state index in [9.17, 15) is 4.39 Å². The Hall–Kier alpha value is -1.29. The van der Waals surface area contributed by atoms with Crippen molar-refractivity contribution in [3.8, 4) is 5.75 Å². The van der Waals surface area contributed by atoms with Crippen LogP contribution in [0.3, 0.4) is 0 Å². The Kier molecular flexibility index (Phi) is 2.29. The quantitative estimate of drug-likeness (QED) is 0.727. The van der Waals surface area contributed by atoms with Crippen LogP contribution in [-0.2, 0) is 0 Å². The van der Waals surface area contributed by atoms with Gasteiger partial charge in [-0.15, -0.1) is 0 Å². The second-order valence-electron chi connectivity index (χ2n) is 3.40. The smallest absolute Gasteiger partial charge is 0.150 e. The normalized spacial score (nSPS) is 20.2.